The lowest BCUT2D eigenvalue weighted by molar-refractivity contribution is -0.274. The van der Waals surface area contributed by atoms with Crippen LogP contribution in [0.15, 0.2) is 53.5 Å². The fourth-order valence-electron chi connectivity index (χ4n) is 2.75. The van der Waals surface area contributed by atoms with Gasteiger partial charge in [-0.05, 0) is 42.8 Å². The molecule has 2 aromatic carbocycles. The minimum atomic E-state index is -4.79. The minimum absolute atomic E-state index is 0.210. The normalized spacial score (nSPS) is 11.5. The van der Waals surface area contributed by atoms with Crippen LogP contribution >= 0.6 is 0 Å². The highest BCUT2D eigenvalue weighted by atomic mass is 19.4. The van der Waals surface area contributed by atoms with Crippen LogP contribution in [-0.4, -0.2) is 16.8 Å². The second-order valence-electron chi connectivity index (χ2n) is 5.62. The van der Waals surface area contributed by atoms with Gasteiger partial charge in [-0.25, -0.2) is 0 Å². The quantitative estimate of drug-likeness (QED) is 0.777. The predicted octanol–water partition coefficient (Wildman–Crippen LogP) is 3.30. The predicted molar refractivity (Wildman–Crippen MR) is 89.5 cm³/mol. The molecule has 0 saturated carbocycles. The zero-order chi connectivity index (χ0) is 19.1. The summed E-state index contributed by atoms with van der Waals surface area (Å²) in [5, 5.41) is 0.277. The molecule has 8 heteroatoms. The van der Waals surface area contributed by atoms with Crippen molar-refractivity contribution in [3.63, 3.8) is 0 Å². The lowest BCUT2D eigenvalue weighted by atomic mass is 10.1. The number of rotatable bonds is 3. The number of amides is 1. The third-order valence-electron chi connectivity index (χ3n) is 3.84. The Hall–Kier alpha value is -3.29. The summed E-state index contributed by atoms with van der Waals surface area (Å²) in [5.41, 5.74) is 6.01. The van der Waals surface area contributed by atoms with Crippen LogP contribution in [-0.2, 0) is 0 Å². The molecule has 0 fully saturated rings. The maximum absolute atomic E-state index is 12.4. The Morgan fingerprint density at radius 1 is 1.15 bits per heavy atom. The molecular formula is C18H13F3N2O3. The summed E-state index contributed by atoms with van der Waals surface area (Å²) in [4.78, 5) is 24.0. The van der Waals surface area contributed by atoms with Crippen LogP contribution in [0.4, 0.5) is 13.2 Å². The Kier molecular flexibility index (Phi) is 4.19. The van der Waals surface area contributed by atoms with Gasteiger partial charge in [0.25, 0.3) is 5.91 Å². The number of hydrogen-bond donors (Lipinski definition) is 1. The molecule has 3 rings (SSSR count). The zero-order valence-electron chi connectivity index (χ0n) is 13.5. The van der Waals surface area contributed by atoms with Gasteiger partial charge in [-0.1, -0.05) is 12.1 Å². The molecule has 0 spiro atoms. The highest BCUT2D eigenvalue weighted by Crippen LogP contribution is 2.27. The monoisotopic (exact) mass is 362 g/mol. The van der Waals surface area contributed by atoms with E-state index in [1.165, 1.54) is 18.3 Å². The van der Waals surface area contributed by atoms with E-state index in [0.29, 0.717) is 16.8 Å². The van der Waals surface area contributed by atoms with Crippen molar-refractivity contribution in [2.75, 3.05) is 0 Å². The summed E-state index contributed by atoms with van der Waals surface area (Å²) in [6.45, 7) is 1.59. The van der Waals surface area contributed by atoms with Gasteiger partial charge in [-0.3, -0.25) is 9.59 Å². The summed E-state index contributed by atoms with van der Waals surface area (Å²) in [6.07, 6.45) is -3.50. The number of benzene rings is 2. The molecule has 0 aliphatic rings. The van der Waals surface area contributed by atoms with Gasteiger partial charge in [0.05, 0.1) is 5.52 Å². The maximum atomic E-state index is 12.4. The summed E-state index contributed by atoms with van der Waals surface area (Å²) in [6, 6.07) is 10.4. The average molecular weight is 362 g/mol. The largest absolute Gasteiger partial charge is 0.573 e. The van der Waals surface area contributed by atoms with E-state index in [-0.39, 0.29) is 16.7 Å². The second-order valence-corrected chi connectivity index (χ2v) is 5.62. The summed E-state index contributed by atoms with van der Waals surface area (Å²) >= 11 is 0. The number of primary amides is 1. The van der Waals surface area contributed by atoms with Gasteiger partial charge in [0, 0.05) is 17.3 Å². The van der Waals surface area contributed by atoms with Crippen LogP contribution < -0.4 is 15.9 Å². The highest BCUT2D eigenvalue weighted by molar-refractivity contribution is 5.96. The Morgan fingerprint density at radius 2 is 1.85 bits per heavy atom. The molecule has 0 unspecified atom stereocenters. The Balaban J connectivity index is 2.24. The molecular weight excluding hydrogens is 349 g/mol. The van der Waals surface area contributed by atoms with Crippen molar-refractivity contribution in [2.45, 2.75) is 13.3 Å². The number of halogens is 3. The molecule has 1 amide bonds. The first-order valence-electron chi connectivity index (χ1n) is 7.48. The number of aryl methyl sites for hydroxylation is 1. The lowest BCUT2D eigenvalue weighted by Gasteiger charge is -2.16. The lowest BCUT2D eigenvalue weighted by Crippen LogP contribution is -2.24. The van der Waals surface area contributed by atoms with Crippen LogP contribution in [0, 0.1) is 6.92 Å². The molecule has 5 nitrogen and oxygen atoms in total. The number of carbonyl (C=O) groups excluding carboxylic acids is 1. The molecule has 26 heavy (non-hydrogen) atoms. The molecule has 2 N–H and O–H groups in total. The number of nitrogens with two attached hydrogens (primary N) is 1. The fraction of sp³-hybridized carbons (Fsp3) is 0.111. The third-order valence-corrected chi connectivity index (χ3v) is 3.84. The molecule has 134 valence electrons. The van der Waals surface area contributed by atoms with Crippen LogP contribution in [0.5, 0.6) is 5.75 Å². The van der Waals surface area contributed by atoms with Crippen LogP contribution in [0.3, 0.4) is 0 Å². The number of para-hydroxylation sites is 1. The van der Waals surface area contributed by atoms with Gasteiger partial charge in [0.15, 0.2) is 0 Å². The van der Waals surface area contributed by atoms with Crippen molar-refractivity contribution in [3.05, 3.63) is 70.0 Å². The first-order valence-corrected chi connectivity index (χ1v) is 7.48. The van der Waals surface area contributed by atoms with Gasteiger partial charge >= 0.3 is 6.36 Å². The summed E-state index contributed by atoms with van der Waals surface area (Å²) in [5.74, 6) is -1.25. The molecule has 0 aliphatic carbocycles. The fourth-order valence-corrected chi connectivity index (χ4v) is 2.75. The van der Waals surface area contributed by atoms with Gasteiger partial charge in [-0.15, -0.1) is 13.2 Å². The van der Waals surface area contributed by atoms with Crippen molar-refractivity contribution >= 4 is 16.8 Å². The van der Waals surface area contributed by atoms with Crippen LogP contribution in [0.25, 0.3) is 16.6 Å². The standard InChI is InChI=1S/C18H13F3N2O3/c1-10-8-11(26-18(19,20)21)6-7-14(10)23-9-13(17(22)25)16(24)12-4-2-3-5-15(12)23/h2-9H,1H3,(H2,22,25). The molecule has 3 aromatic rings. The number of carbonyl (C=O) groups is 1. The molecule has 0 aliphatic heterocycles. The van der Waals surface area contributed by atoms with Crippen LogP contribution in [0.1, 0.15) is 15.9 Å². The number of aromatic nitrogens is 1. The minimum Gasteiger partial charge on any atom is -0.406 e. The first-order chi connectivity index (χ1) is 12.2. The molecule has 0 bridgehead atoms. The number of alkyl halides is 3. The first kappa shape index (κ1) is 17.5. The Labute approximate surface area is 145 Å². The number of pyridine rings is 1. The van der Waals surface area contributed by atoms with Crippen molar-refractivity contribution in [1.82, 2.24) is 4.57 Å². The average Bonchev–Trinajstić information content (AvgIpc) is 2.54. The van der Waals surface area contributed by atoms with Gasteiger partial charge in [0.2, 0.25) is 5.43 Å². The van der Waals surface area contributed by atoms with E-state index in [1.54, 1.807) is 35.8 Å². The molecule has 0 saturated heterocycles. The smallest absolute Gasteiger partial charge is 0.406 e. The summed E-state index contributed by atoms with van der Waals surface area (Å²) < 4.78 is 42.6. The van der Waals surface area contributed by atoms with Gasteiger partial charge < -0.3 is 15.0 Å². The number of nitrogens with zero attached hydrogens (tertiary/aromatic N) is 1. The van der Waals surface area contributed by atoms with Crippen molar-refractivity contribution in [2.24, 2.45) is 5.73 Å². The Morgan fingerprint density at radius 3 is 2.46 bits per heavy atom. The Bertz CT molecular complexity index is 1070. The molecule has 0 radical (unpaired) electrons. The molecule has 1 aromatic heterocycles. The van der Waals surface area contributed by atoms with Crippen molar-refractivity contribution in [3.8, 4) is 11.4 Å². The van der Waals surface area contributed by atoms with E-state index in [4.69, 9.17) is 5.73 Å². The molecule has 1 heterocycles. The maximum Gasteiger partial charge on any atom is 0.573 e. The number of fused-ring (bicyclic) bond motifs is 1. The van der Waals surface area contributed by atoms with E-state index in [9.17, 15) is 22.8 Å². The number of hydrogen-bond acceptors (Lipinski definition) is 3. The second kappa shape index (κ2) is 6.21. The third kappa shape index (κ3) is 3.26. The highest BCUT2D eigenvalue weighted by Gasteiger charge is 2.31. The van der Waals surface area contributed by atoms with Gasteiger partial charge in [0.1, 0.15) is 11.3 Å². The topological polar surface area (TPSA) is 74.3 Å². The SMILES string of the molecule is Cc1cc(OC(F)(F)F)ccc1-n1cc(C(N)=O)c(=O)c2ccccc21. The van der Waals surface area contributed by atoms with E-state index in [2.05, 4.69) is 4.74 Å². The van der Waals surface area contributed by atoms with E-state index >= 15 is 0 Å². The van der Waals surface area contributed by atoms with E-state index < -0.39 is 17.7 Å². The molecule has 0 atom stereocenters. The van der Waals surface area contributed by atoms with Gasteiger partial charge in [-0.2, -0.15) is 0 Å². The number of ether oxygens (including phenoxy) is 1. The summed E-state index contributed by atoms with van der Waals surface area (Å²) in [7, 11) is 0. The van der Waals surface area contributed by atoms with Crippen LogP contribution in [0.2, 0.25) is 0 Å². The van der Waals surface area contributed by atoms with E-state index in [0.717, 1.165) is 6.07 Å². The van der Waals surface area contributed by atoms with Crippen molar-refractivity contribution in [1.29, 1.82) is 0 Å². The van der Waals surface area contributed by atoms with E-state index in [1.807, 2.05) is 0 Å². The zero-order valence-corrected chi connectivity index (χ0v) is 13.5. The van der Waals surface area contributed by atoms with Crippen molar-refractivity contribution < 1.29 is 22.7 Å².